The highest BCUT2D eigenvalue weighted by Gasteiger charge is 2.26. The van der Waals surface area contributed by atoms with E-state index in [4.69, 9.17) is 4.98 Å². The maximum absolute atomic E-state index is 4.95. The van der Waals surface area contributed by atoms with Crippen LogP contribution in [0.25, 0.3) is 0 Å². The van der Waals surface area contributed by atoms with Gasteiger partial charge in [0.2, 0.25) is 0 Å². The lowest BCUT2D eigenvalue weighted by atomic mass is 9.77. The van der Waals surface area contributed by atoms with Crippen molar-refractivity contribution in [2.75, 3.05) is 6.54 Å². The number of thiazole rings is 1. The number of nitrogens with zero attached hydrogens (tertiary/aromatic N) is 1. The van der Waals surface area contributed by atoms with E-state index in [1.807, 2.05) is 11.3 Å². The molecule has 1 aliphatic carbocycles. The first kappa shape index (κ1) is 16.0. The van der Waals surface area contributed by atoms with Crippen molar-refractivity contribution >= 4 is 11.3 Å². The Balaban J connectivity index is 2.01. The summed E-state index contributed by atoms with van der Waals surface area (Å²) in [6.45, 7) is 11.2. The van der Waals surface area contributed by atoms with Gasteiger partial charge in [-0.25, -0.2) is 4.98 Å². The minimum absolute atomic E-state index is 0.732. The second kappa shape index (κ2) is 7.56. The minimum Gasteiger partial charge on any atom is -0.312 e. The zero-order chi connectivity index (χ0) is 14.5. The van der Waals surface area contributed by atoms with Crippen molar-refractivity contribution < 1.29 is 0 Å². The fraction of sp³-hybridized carbons (Fsp3) is 0.824. The molecule has 0 radical (unpaired) electrons. The zero-order valence-corrected chi connectivity index (χ0v) is 14.4. The molecule has 2 rings (SSSR count). The van der Waals surface area contributed by atoms with Crippen LogP contribution in [0.4, 0.5) is 0 Å². The summed E-state index contributed by atoms with van der Waals surface area (Å²) in [5, 5.41) is 4.86. The molecule has 0 spiro atoms. The average molecular weight is 295 g/mol. The molecule has 0 saturated heterocycles. The maximum Gasteiger partial charge on any atom is 0.0962 e. The number of nitrogens with one attached hydrogen (secondary N) is 1. The lowest BCUT2D eigenvalue weighted by Crippen LogP contribution is -2.17. The van der Waals surface area contributed by atoms with Gasteiger partial charge in [0.15, 0.2) is 0 Å². The highest BCUT2D eigenvalue weighted by molar-refractivity contribution is 7.11. The second-order valence-electron chi connectivity index (χ2n) is 6.41. The highest BCUT2D eigenvalue weighted by Crippen LogP contribution is 2.40. The van der Waals surface area contributed by atoms with Gasteiger partial charge in [0.1, 0.15) is 0 Å². The average Bonchev–Trinajstić information content (AvgIpc) is 2.88. The standard InChI is InChI=1S/C17H30N2S/c1-5-15-16(11-18-6-2)20-17(19-15)14-9-7-13(8-10-14)12(3)4/h12-14,18H,5-11H2,1-4H3. The summed E-state index contributed by atoms with van der Waals surface area (Å²) < 4.78 is 0. The molecule has 1 aliphatic rings. The molecule has 20 heavy (non-hydrogen) atoms. The number of aryl methyl sites for hydroxylation is 1. The smallest absolute Gasteiger partial charge is 0.0962 e. The van der Waals surface area contributed by atoms with Gasteiger partial charge in [0.05, 0.1) is 10.7 Å². The molecule has 0 amide bonds. The van der Waals surface area contributed by atoms with Gasteiger partial charge in [-0.15, -0.1) is 11.3 Å². The van der Waals surface area contributed by atoms with Crippen LogP contribution in [0.3, 0.4) is 0 Å². The third-order valence-electron chi connectivity index (χ3n) is 4.73. The number of hydrogen-bond donors (Lipinski definition) is 1. The van der Waals surface area contributed by atoms with Crippen LogP contribution < -0.4 is 5.32 Å². The number of hydrogen-bond acceptors (Lipinski definition) is 3. The van der Waals surface area contributed by atoms with E-state index in [0.29, 0.717) is 0 Å². The van der Waals surface area contributed by atoms with Gasteiger partial charge in [0.25, 0.3) is 0 Å². The fourth-order valence-corrected chi connectivity index (χ4v) is 4.56. The van der Waals surface area contributed by atoms with Crippen LogP contribution in [0.1, 0.15) is 74.9 Å². The van der Waals surface area contributed by atoms with Gasteiger partial charge in [-0.2, -0.15) is 0 Å². The van der Waals surface area contributed by atoms with E-state index < -0.39 is 0 Å². The second-order valence-corrected chi connectivity index (χ2v) is 7.53. The van der Waals surface area contributed by atoms with Crippen molar-refractivity contribution in [3.63, 3.8) is 0 Å². The summed E-state index contributed by atoms with van der Waals surface area (Å²) in [5.74, 6) is 2.52. The number of rotatable bonds is 6. The third-order valence-corrected chi connectivity index (χ3v) is 5.99. The van der Waals surface area contributed by atoms with Crippen molar-refractivity contribution in [1.82, 2.24) is 10.3 Å². The Kier molecular flexibility index (Phi) is 6.03. The summed E-state index contributed by atoms with van der Waals surface area (Å²) in [6.07, 6.45) is 6.55. The lowest BCUT2D eigenvalue weighted by Gasteiger charge is -2.29. The molecule has 2 nitrogen and oxygen atoms in total. The van der Waals surface area contributed by atoms with Crippen molar-refractivity contribution in [3.05, 3.63) is 15.6 Å². The molecule has 0 aromatic carbocycles. The summed E-state index contributed by atoms with van der Waals surface area (Å²) in [4.78, 5) is 6.42. The number of aromatic nitrogens is 1. The zero-order valence-electron chi connectivity index (χ0n) is 13.5. The van der Waals surface area contributed by atoms with E-state index in [9.17, 15) is 0 Å². The van der Waals surface area contributed by atoms with Crippen molar-refractivity contribution in [2.45, 2.75) is 72.3 Å². The van der Waals surface area contributed by atoms with E-state index in [1.165, 1.54) is 41.3 Å². The topological polar surface area (TPSA) is 24.9 Å². The molecule has 1 fully saturated rings. The summed E-state index contributed by atoms with van der Waals surface area (Å²) in [6, 6.07) is 0. The first-order valence-corrected chi connectivity index (χ1v) is 9.16. The Labute approximate surface area is 128 Å². The van der Waals surface area contributed by atoms with Crippen molar-refractivity contribution in [2.24, 2.45) is 11.8 Å². The SMILES string of the molecule is CCNCc1sc(C2CCC(C(C)C)CC2)nc1CC. The van der Waals surface area contributed by atoms with Crippen LogP contribution in [0.15, 0.2) is 0 Å². The van der Waals surface area contributed by atoms with Crippen LogP contribution >= 0.6 is 11.3 Å². The Morgan fingerprint density at radius 3 is 2.45 bits per heavy atom. The summed E-state index contributed by atoms with van der Waals surface area (Å²) >= 11 is 1.97. The van der Waals surface area contributed by atoms with E-state index in [-0.39, 0.29) is 0 Å². The Morgan fingerprint density at radius 1 is 1.20 bits per heavy atom. The van der Waals surface area contributed by atoms with Gasteiger partial charge in [-0.3, -0.25) is 0 Å². The first-order chi connectivity index (χ1) is 9.65. The lowest BCUT2D eigenvalue weighted by molar-refractivity contribution is 0.258. The molecule has 1 aromatic rings. The van der Waals surface area contributed by atoms with E-state index in [2.05, 4.69) is 33.0 Å². The predicted molar refractivity (Wildman–Crippen MR) is 88.4 cm³/mol. The minimum atomic E-state index is 0.732. The van der Waals surface area contributed by atoms with Crippen LogP contribution in [0, 0.1) is 11.8 Å². The molecular formula is C17H30N2S. The van der Waals surface area contributed by atoms with Gasteiger partial charge in [0, 0.05) is 17.3 Å². The quantitative estimate of drug-likeness (QED) is 0.819. The van der Waals surface area contributed by atoms with Crippen LogP contribution in [0.5, 0.6) is 0 Å². The van der Waals surface area contributed by atoms with Crippen molar-refractivity contribution in [3.8, 4) is 0 Å². The predicted octanol–water partition coefficient (Wildman–Crippen LogP) is 4.74. The Bertz CT molecular complexity index is 403. The summed E-state index contributed by atoms with van der Waals surface area (Å²) in [5.41, 5.74) is 1.33. The molecule has 1 aromatic heterocycles. The Hall–Kier alpha value is -0.410. The Morgan fingerprint density at radius 2 is 1.90 bits per heavy atom. The maximum atomic E-state index is 4.95. The molecular weight excluding hydrogens is 264 g/mol. The highest BCUT2D eigenvalue weighted by atomic mass is 32.1. The molecule has 3 heteroatoms. The van der Waals surface area contributed by atoms with Crippen LogP contribution in [0.2, 0.25) is 0 Å². The van der Waals surface area contributed by atoms with Crippen molar-refractivity contribution in [1.29, 1.82) is 0 Å². The molecule has 0 unspecified atom stereocenters. The van der Waals surface area contributed by atoms with Gasteiger partial charge in [-0.05, 0) is 50.5 Å². The fourth-order valence-electron chi connectivity index (χ4n) is 3.26. The van der Waals surface area contributed by atoms with Crippen LogP contribution in [-0.4, -0.2) is 11.5 Å². The molecule has 1 N–H and O–H groups in total. The first-order valence-electron chi connectivity index (χ1n) is 8.34. The normalized spacial score (nSPS) is 23.4. The molecule has 1 saturated carbocycles. The van der Waals surface area contributed by atoms with E-state index in [0.717, 1.165) is 37.3 Å². The monoisotopic (exact) mass is 294 g/mol. The third kappa shape index (κ3) is 3.82. The largest absolute Gasteiger partial charge is 0.312 e. The summed E-state index contributed by atoms with van der Waals surface area (Å²) in [7, 11) is 0. The molecule has 114 valence electrons. The van der Waals surface area contributed by atoms with Crippen LogP contribution in [-0.2, 0) is 13.0 Å². The molecule has 0 aliphatic heterocycles. The van der Waals surface area contributed by atoms with Gasteiger partial charge in [-0.1, -0.05) is 27.7 Å². The van der Waals surface area contributed by atoms with Gasteiger partial charge < -0.3 is 5.32 Å². The molecule has 0 atom stereocenters. The van der Waals surface area contributed by atoms with E-state index >= 15 is 0 Å². The molecule has 0 bridgehead atoms. The molecule has 1 heterocycles. The van der Waals surface area contributed by atoms with Gasteiger partial charge >= 0.3 is 0 Å². The van der Waals surface area contributed by atoms with E-state index in [1.54, 1.807) is 0 Å².